The minimum atomic E-state index is -0.270. The Morgan fingerprint density at radius 2 is 2.24 bits per heavy atom. The fourth-order valence-electron chi connectivity index (χ4n) is 1.69. The number of nitrogens with one attached hydrogen (secondary N) is 1. The minimum Gasteiger partial charge on any atom is -0.271 e. The summed E-state index contributed by atoms with van der Waals surface area (Å²) >= 11 is 4.90. The van der Waals surface area contributed by atoms with Gasteiger partial charge in [-0.2, -0.15) is 11.3 Å². The molecule has 17 heavy (non-hydrogen) atoms. The van der Waals surface area contributed by atoms with Crippen LogP contribution in [0.3, 0.4) is 0 Å². The van der Waals surface area contributed by atoms with E-state index in [1.807, 2.05) is 17.5 Å². The van der Waals surface area contributed by atoms with Crippen LogP contribution in [-0.2, 0) is 6.42 Å². The number of rotatable bonds is 4. The second-order valence-corrected chi connectivity index (χ2v) is 5.27. The number of hydrazine groups is 1. The highest BCUT2D eigenvalue weighted by Gasteiger charge is 2.15. The molecule has 2 nitrogen and oxygen atoms in total. The van der Waals surface area contributed by atoms with Crippen LogP contribution in [0.4, 0.5) is 4.39 Å². The summed E-state index contributed by atoms with van der Waals surface area (Å²) in [7, 11) is 0. The molecular formula is C12H12BrFN2S. The molecule has 0 aliphatic heterocycles. The largest absolute Gasteiger partial charge is 0.271 e. The molecule has 2 aromatic rings. The van der Waals surface area contributed by atoms with Crippen LogP contribution in [0.25, 0.3) is 0 Å². The molecule has 0 aliphatic carbocycles. The number of hydrogen-bond acceptors (Lipinski definition) is 3. The molecule has 0 amide bonds. The number of nitrogens with two attached hydrogens (primary N) is 1. The molecule has 0 fully saturated rings. The fourth-order valence-corrected chi connectivity index (χ4v) is 2.91. The number of halogens is 2. The molecule has 1 atom stereocenters. The van der Waals surface area contributed by atoms with E-state index < -0.39 is 0 Å². The summed E-state index contributed by atoms with van der Waals surface area (Å²) in [5, 5.41) is 4.08. The van der Waals surface area contributed by atoms with Gasteiger partial charge in [0, 0.05) is 0 Å². The van der Waals surface area contributed by atoms with Gasteiger partial charge in [0.25, 0.3) is 0 Å². The Bertz CT molecular complexity index is 487. The second-order valence-electron chi connectivity index (χ2n) is 3.70. The minimum absolute atomic E-state index is 0.102. The molecule has 1 aromatic carbocycles. The van der Waals surface area contributed by atoms with Gasteiger partial charge in [-0.25, -0.2) is 4.39 Å². The molecular weight excluding hydrogens is 303 g/mol. The lowest BCUT2D eigenvalue weighted by molar-refractivity contribution is 0.541. The van der Waals surface area contributed by atoms with Crippen LogP contribution in [0.5, 0.6) is 0 Å². The zero-order valence-corrected chi connectivity index (χ0v) is 11.4. The van der Waals surface area contributed by atoms with Gasteiger partial charge in [0.1, 0.15) is 5.82 Å². The van der Waals surface area contributed by atoms with Crippen LogP contribution >= 0.6 is 27.3 Å². The quantitative estimate of drug-likeness (QED) is 0.670. The van der Waals surface area contributed by atoms with Crippen molar-refractivity contribution in [2.75, 3.05) is 0 Å². The van der Waals surface area contributed by atoms with Crippen LogP contribution in [-0.4, -0.2) is 0 Å². The predicted molar refractivity (Wildman–Crippen MR) is 72.2 cm³/mol. The van der Waals surface area contributed by atoms with Crippen molar-refractivity contribution in [1.29, 1.82) is 0 Å². The normalized spacial score (nSPS) is 12.6. The maximum Gasteiger partial charge on any atom is 0.137 e. The zero-order valence-electron chi connectivity index (χ0n) is 8.99. The van der Waals surface area contributed by atoms with E-state index in [0.29, 0.717) is 4.47 Å². The smallest absolute Gasteiger partial charge is 0.137 e. The third-order valence-corrected chi connectivity index (χ3v) is 4.15. The van der Waals surface area contributed by atoms with Crippen LogP contribution in [0.2, 0.25) is 0 Å². The van der Waals surface area contributed by atoms with E-state index in [1.54, 1.807) is 17.4 Å². The van der Waals surface area contributed by atoms with Crippen molar-refractivity contribution in [1.82, 2.24) is 5.43 Å². The van der Waals surface area contributed by atoms with Gasteiger partial charge in [-0.15, -0.1) is 0 Å². The maximum absolute atomic E-state index is 13.4. The first-order valence-electron chi connectivity index (χ1n) is 5.13. The highest BCUT2D eigenvalue weighted by Crippen LogP contribution is 2.28. The third-order valence-electron chi connectivity index (χ3n) is 2.58. The third kappa shape index (κ3) is 2.93. The van der Waals surface area contributed by atoms with Crippen LogP contribution in [0, 0.1) is 5.82 Å². The Balaban J connectivity index is 2.26. The molecule has 0 saturated carbocycles. The van der Waals surface area contributed by atoms with Gasteiger partial charge in [0.05, 0.1) is 10.5 Å². The van der Waals surface area contributed by atoms with Crippen molar-refractivity contribution >= 4 is 27.3 Å². The molecule has 0 aliphatic rings. The number of benzene rings is 1. The lowest BCUT2D eigenvalue weighted by Gasteiger charge is -2.17. The first-order valence-corrected chi connectivity index (χ1v) is 6.87. The van der Waals surface area contributed by atoms with E-state index in [0.717, 1.165) is 12.0 Å². The number of hydrogen-bond donors (Lipinski definition) is 2. The summed E-state index contributed by atoms with van der Waals surface area (Å²) in [5.74, 6) is 5.28. The SMILES string of the molecule is NNC(Cc1ccsc1)c1cccc(F)c1Br. The molecule has 5 heteroatoms. The van der Waals surface area contributed by atoms with Crippen molar-refractivity contribution in [2.45, 2.75) is 12.5 Å². The first kappa shape index (κ1) is 12.7. The Morgan fingerprint density at radius 3 is 2.88 bits per heavy atom. The molecule has 2 rings (SSSR count). The zero-order chi connectivity index (χ0) is 12.3. The van der Waals surface area contributed by atoms with Crippen LogP contribution in [0.15, 0.2) is 39.5 Å². The van der Waals surface area contributed by atoms with Gasteiger partial charge in [0.15, 0.2) is 0 Å². The summed E-state index contributed by atoms with van der Waals surface area (Å²) in [5.41, 5.74) is 4.75. The predicted octanol–water partition coefficient (Wildman–Crippen LogP) is 3.40. The molecule has 0 bridgehead atoms. The van der Waals surface area contributed by atoms with E-state index in [4.69, 9.17) is 5.84 Å². The standard InChI is InChI=1S/C12H12BrFN2S/c13-12-9(2-1-3-10(12)14)11(16-15)6-8-4-5-17-7-8/h1-5,7,11,16H,6,15H2. The van der Waals surface area contributed by atoms with Crippen molar-refractivity contribution in [3.63, 3.8) is 0 Å². The summed E-state index contributed by atoms with van der Waals surface area (Å²) in [6.07, 6.45) is 0.738. The van der Waals surface area contributed by atoms with Gasteiger partial charge in [0.2, 0.25) is 0 Å². The van der Waals surface area contributed by atoms with Crippen molar-refractivity contribution < 1.29 is 4.39 Å². The molecule has 0 spiro atoms. The van der Waals surface area contributed by atoms with Gasteiger partial charge in [-0.1, -0.05) is 12.1 Å². The first-order chi connectivity index (χ1) is 8.22. The Labute approximate surface area is 112 Å². The van der Waals surface area contributed by atoms with Gasteiger partial charge >= 0.3 is 0 Å². The molecule has 3 N–H and O–H groups in total. The summed E-state index contributed by atoms with van der Waals surface area (Å²) in [4.78, 5) is 0. The molecule has 1 unspecified atom stereocenters. The van der Waals surface area contributed by atoms with E-state index in [-0.39, 0.29) is 11.9 Å². The Hall–Kier alpha value is -0.750. The fraction of sp³-hybridized carbons (Fsp3) is 0.167. The topological polar surface area (TPSA) is 38.0 Å². The molecule has 90 valence electrons. The van der Waals surface area contributed by atoms with Gasteiger partial charge < -0.3 is 0 Å². The highest BCUT2D eigenvalue weighted by atomic mass is 79.9. The Morgan fingerprint density at radius 1 is 1.41 bits per heavy atom. The number of thiophene rings is 1. The van der Waals surface area contributed by atoms with Crippen molar-refractivity contribution in [3.05, 3.63) is 56.4 Å². The lowest BCUT2D eigenvalue weighted by atomic mass is 10.0. The van der Waals surface area contributed by atoms with Gasteiger partial charge in [-0.3, -0.25) is 11.3 Å². The van der Waals surface area contributed by atoms with Gasteiger partial charge in [-0.05, 0) is 56.4 Å². The second kappa shape index (κ2) is 5.73. The molecule has 0 radical (unpaired) electrons. The summed E-state index contributed by atoms with van der Waals surface area (Å²) < 4.78 is 13.9. The summed E-state index contributed by atoms with van der Waals surface area (Å²) in [6, 6.07) is 6.92. The van der Waals surface area contributed by atoms with E-state index >= 15 is 0 Å². The van der Waals surface area contributed by atoms with E-state index in [9.17, 15) is 4.39 Å². The van der Waals surface area contributed by atoms with E-state index in [2.05, 4.69) is 26.7 Å². The monoisotopic (exact) mass is 314 g/mol. The molecule has 0 saturated heterocycles. The average Bonchev–Trinajstić information content (AvgIpc) is 2.83. The van der Waals surface area contributed by atoms with Crippen molar-refractivity contribution in [3.8, 4) is 0 Å². The maximum atomic E-state index is 13.4. The van der Waals surface area contributed by atoms with E-state index in [1.165, 1.54) is 11.6 Å². The Kier molecular flexibility index (Phi) is 4.28. The van der Waals surface area contributed by atoms with Crippen LogP contribution in [0.1, 0.15) is 17.2 Å². The molecule has 1 aromatic heterocycles. The summed E-state index contributed by atoms with van der Waals surface area (Å²) in [6.45, 7) is 0. The molecule has 1 heterocycles. The van der Waals surface area contributed by atoms with Crippen LogP contribution < -0.4 is 11.3 Å². The van der Waals surface area contributed by atoms with Crippen molar-refractivity contribution in [2.24, 2.45) is 5.84 Å². The lowest BCUT2D eigenvalue weighted by Crippen LogP contribution is -2.29. The highest BCUT2D eigenvalue weighted by molar-refractivity contribution is 9.10. The average molecular weight is 315 g/mol.